The number of hydrogen-bond donors (Lipinski definition) is 2. The van der Waals surface area contributed by atoms with Crippen molar-refractivity contribution in [2.45, 2.75) is 58.6 Å². The molecule has 0 aromatic carbocycles. The summed E-state index contributed by atoms with van der Waals surface area (Å²) in [5.74, 6) is -0.507. The second-order valence-electron chi connectivity index (χ2n) is 6.20. The number of nitrogens with zero attached hydrogens (tertiary/aromatic N) is 2. The van der Waals surface area contributed by atoms with Crippen LogP contribution in [0.25, 0.3) is 0 Å². The lowest BCUT2D eigenvalue weighted by atomic mass is 10.2. The van der Waals surface area contributed by atoms with Crippen LogP contribution in [0.4, 0.5) is 4.79 Å². The van der Waals surface area contributed by atoms with Crippen LogP contribution in [0.1, 0.15) is 56.9 Å². The maximum Gasteiger partial charge on any atom is 0.407 e. The molecule has 7 nitrogen and oxygen atoms in total. The first-order valence-electron chi connectivity index (χ1n) is 7.56. The zero-order chi connectivity index (χ0) is 16.6. The summed E-state index contributed by atoms with van der Waals surface area (Å²) in [6, 6.07) is 0. The number of ether oxygens (including phenoxy) is 1. The lowest BCUT2D eigenvalue weighted by Crippen LogP contribution is -2.32. The van der Waals surface area contributed by atoms with Gasteiger partial charge < -0.3 is 20.4 Å². The monoisotopic (exact) mass is 310 g/mol. The number of aromatic nitrogens is 2. The van der Waals surface area contributed by atoms with Gasteiger partial charge in [0, 0.05) is 19.3 Å². The maximum atomic E-state index is 11.4. The van der Waals surface area contributed by atoms with E-state index in [1.165, 1.54) is 0 Å². The highest BCUT2D eigenvalue weighted by Gasteiger charge is 2.15. The van der Waals surface area contributed by atoms with Gasteiger partial charge in [0.05, 0.1) is 6.33 Å². The normalized spacial score (nSPS) is 11.2. The highest BCUT2D eigenvalue weighted by molar-refractivity contribution is 5.90. The summed E-state index contributed by atoms with van der Waals surface area (Å²) < 4.78 is 7.01. The van der Waals surface area contributed by atoms with E-state index in [0.717, 1.165) is 32.2 Å². The van der Waals surface area contributed by atoms with E-state index in [1.54, 1.807) is 12.5 Å². The van der Waals surface area contributed by atoms with Crippen LogP contribution in [0.3, 0.4) is 0 Å². The molecule has 0 aliphatic rings. The van der Waals surface area contributed by atoms with Gasteiger partial charge in [-0.3, -0.25) is 4.79 Å². The van der Waals surface area contributed by atoms with Crippen LogP contribution in [0, 0.1) is 0 Å². The Morgan fingerprint density at radius 2 is 1.95 bits per heavy atom. The Labute approximate surface area is 131 Å². The van der Waals surface area contributed by atoms with Crippen molar-refractivity contribution in [3.63, 3.8) is 0 Å². The van der Waals surface area contributed by atoms with Crippen LogP contribution in [0.15, 0.2) is 12.5 Å². The zero-order valence-corrected chi connectivity index (χ0v) is 13.6. The van der Waals surface area contributed by atoms with Crippen molar-refractivity contribution in [2.75, 3.05) is 6.54 Å². The average Bonchev–Trinajstić information content (AvgIpc) is 2.84. The topological polar surface area (TPSA) is 99.2 Å². The molecule has 1 aromatic rings. The summed E-state index contributed by atoms with van der Waals surface area (Å²) in [4.78, 5) is 26.2. The summed E-state index contributed by atoms with van der Waals surface area (Å²) in [6.45, 7) is 6.94. The van der Waals surface area contributed by atoms with Gasteiger partial charge in [0.25, 0.3) is 5.91 Å². The summed E-state index contributed by atoms with van der Waals surface area (Å²) in [5.41, 5.74) is 4.97. The van der Waals surface area contributed by atoms with E-state index in [9.17, 15) is 9.59 Å². The van der Waals surface area contributed by atoms with E-state index < -0.39 is 11.5 Å². The molecule has 0 bridgehead atoms. The van der Waals surface area contributed by atoms with E-state index in [0.29, 0.717) is 12.2 Å². The number of primary amides is 1. The predicted molar refractivity (Wildman–Crippen MR) is 83.4 cm³/mol. The fourth-order valence-electron chi connectivity index (χ4n) is 1.89. The summed E-state index contributed by atoms with van der Waals surface area (Å²) in [5, 5.41) is 2.74. The Hall–Kier alpha value is -2.05. The average molecular weight is 310 g/mol. The lowest BCUT2D eigenvalue weighted by Gasteiger charge is -2.19. The second-order valence-corrected chi connectivity index (χ2v) is 6.20. The van der Waals surface area contributed by atoms with Crippen molar-refractivity contribution in [1.82, 2.24) is 14.9 Å². The van der Waals surface area contributed by atoms with Gasteiger partial charge in [-0.2, -0.15) is 0 Å². The van der Waals surface area contributed by atoms with Crippen molar-refractivity contribution in [3.8, 4) is 0 Å². The minimum Gasteiger partial charge on any atom is -0.444 e. The molecule has 0 atom stereocenters. The number of aryl methyl sites for hydroxylation is 1. The largest absolute Gasteiger partial charge is 0.444 e. The van der Waals surface area contributed by atoms with Gasteiger partial charge in [-0.1, -0.05) is 12.8 Å². The van der Waals surface area contributed by atoms with Gasteiger partial charge in [0.1, 0.15) is 11.3 Å². The van der Waals surface area contributed by atoms with E-state index >= 15 is 0 Å². The molecular formula is C15H26N4O3. The van der Waals surface area contributed by atoms with Crippen molar-refractivity contribution in [3.05, 3.63) is 18.2 Å². The van der Waals surface area contributed by atoms with Crippen molar-refractivity contribution in [1.29, 1.82) is 0 Å². The van der Waals surface area contributed by atoms with E-state index in [1.807, 2.05) is 25.3 Å². The standard InChI is InChI=1S/C15H26N4O3/c1-15(2,3)22-14(21)17-8-6-4-5-7-9-19-10-12(13(16)20)18-11-19/h10-11H,4-9H2,1-3H3,(H2,16,20)(H,17,21). The number of hydrogen-bond acceptors (Lipinski definition) is 4. The molecular weight excluding hydrogens is 284 g/mol. The first kappa shape index (κ1) is 18.0. The molecule has 2 amide bonds. The molecule has 0 radical (unpaired) electrons. The SMILES string of the molecule is CC(C)(C)OC(=O)NCCCCCCn1cnc(C(N)=O)c1. The van der Waals surface area contributed by atoms with Crippen molar-refractivity contribution >= 4 is 12.0 Å². The third-order valence-corrected chi connectivity index (χ3v) is 2.90. The zero-order valence-electron chi connectivity index (χ0n) is 13.6. The Morgan fingerprint density at radius 1 is 1.27 bits per heavy atom. The summed E-state index contributed by atoms with van der Waals surface area (Å²) in [7, 11) is 0. The Morgan fingerprint density at radius 3 is 2.55 bits per heavy atom. The van der Waals surface area contributed by atoms with Gasteiger partial charge >= 0.3 is 6.09 Å². The molecule has 1 heterocycles. The molecule has 0 aliphatic heterocycles. The maximum absolute atomic E-state index is 11.4. The molecule has 124 valence electrons. The molecule has 0 aliphatic carbocycles. The summed E-state index contributed by atoms with van der Waals surface area (Å²) in [6.07, 6.45) is 6.87. The van der Waals surface area contributed by atoms with Crippen LogP contribution in [-0.4, -0.2) is 33.7 Å². The Kier molecular flexibility index (Phi) is 6.88. The van der Waals surface area contributed by atoms with Gasteiger partial charge in [-0.15, -0.1) is 0 Å². The van der Waals surface area contributed by atoms with Gasteiger partial charge in [-0.05, 0) is 33.6 Å². The molecule has 0 saturated heterocycles. The number of rotatable bonds is 8. The Bertz CT molecular complexity index is 491. The number of imidazole rings is 1. The predicted octanol–water partition coefficient (Wildman–Crippen LogP) is 2.07. The van der Waals surface area contributed by atoms with Gasteiger partial charge in [0.2, 0.25) is 0 Å². The number of alkyl carbamates (subject to hydrolysis) is 1. The lowest BCUT2D eigenvalue weighted by molar-refractivity contribution is 0.0526. The van der Waals surface area contributed by atoms with E-state index in [4.69, 9.17) is 10.5 Å². The molecule has 0 fully saturated rings. The minimum atomic E-state index is -0.507. The van der Waals surface area contributed by atoms with E-state index in [-0.39, 0.29) is 6.09 Å². The van der Waals surface area contributed by atoms with Gasteiger partial charge in [-0.25, -0.2) is 9.78 Å². The van der Waals surface area contributed by atoms with Crippen LogP contribution >= 0.6 is 0 Å². The fourth-order valence-corrected chi connectivity index (χ4v) is 1.89. The smallest absolute Gasteiger partial charge is 0.407 e. The van der Waals surface area contributed by atoms with Crippen LogP contribution in [-0.2, 0) is 11.3 Å². The Balaban J connectivity index is 2.04. The number of unbranched alkanes of at least 4 members (excludes halogenated alkanes) is 3. The molecule has 0 spiro atoms. The summed E-state index contributed by atoms with van der Waals surface area (Å²) >= 11 is 0. The number of amides is 2. The fraction of sp³-hybridized carbons (Fsp3) is 0.667. The molecule has 3 N–H and O–H groups in total. The first-order chi connectivity index (χ1) is 10.3. The third-order valence-electron chi connectivity index (χ3n) is 2.90. The van der Waals surface area contributed by atoms with E-state index in [2.05, 4.69) is 10.3 Å². The van der Waals surface area contributed by atoms with Crippen molar-refractivity contribution in [2.24, 2.45) is 5.73 Å². The molecule has 1 rings (SSSR count). The number of carbonyl (C=O) groups excluding carboxylic acids is 2. The molecule has 1 aromatic heterocycles. The highest BCUT2D eigenvalue weighted by atomic mass is 16.6. The number of nitrogens with two attached hydrogens (primary N) is 1. The highest BCUT2D eigenvalue weighted by Crippen LogP contribution is 2.07. The minimum absolute atomic E-state index is 0.293. The second kappa shape index (κ2) is 8.41. The molecule has 22 heavy (non-hydrogen) atoms. The van der Waals surface area contributed by atoms with Crippen LogP contribution in [0.2, 0.25) is 0 Å². The quantitative estimate of drug-likeness (QED) is 0.718. The van der Waals surface area contributed by atoms with Crippen molar-refractivity contribution < 1.29 is 14.3 Å². The van der Waals surface area contributed by atoms with Crippen LogP contribution < -0.4 is 11.1 Å². The number of carbonyl (C=O) groups is 2. The number of nitrogens with one attached hydrogen (secondary N) is 1. The molecule has 7 heteroatoms. The van der Waals surface area contributed by atoms with Gasteiger partial charge in [0.15, 0.2) is 0 Å². The first-order valence-corrected chi connectivity index (χ1v) is 7.56. The van der Waals surface area contributed by atoms with Crippen LogP contribution in [0.5, 0.6) is 0 Å². The third kappa shape index (κ3) is 7.66. The molecule has 0 saturated carbocycles. The molecule has 0 unspecified atom stereocenters.